The van der Waals surface area contributed by atoms with E-state index in [0.29, 0.717) is 0 Å². The maximum atomic E-state index is 10.9. The minimum atomic E-state index is -4.00. The van der Waals surface area contributed by atoms with Crippen LogP contribution in [0.2, 0.25) is 0 Å². The summed E-state index contributed by atoms with van der Waals surface area (Å²) in [6.07, 6.45) is 0.0858. The van der Waals surface area contributed by atoms with E-state index in [0.717, 1.165) is 0 Å². The highest BCUT2D eigenvalue weighted by Gasteiger charge is 2.14. The van der Waals surface area contributed by atoms with Crippen molar-refractivity contribution in [2.75, 3.05) is 0 Å². The molecule has 0 aromatic rings. The van der Waals surface area contributed by atoms with E-state index in [1.807, 2.05) is 0 Å². The number of hydrogen-bond donors (Lipinski definition) is 2. The lowest BCUT2D eigenvalue weighted by Crippen LogP contribution is -2.42. The molecular weight excluding hydrogens is 196 g/mol. The van der Waals surface area contributed by atoms with Crippen LogP contribution in [0.15, 0.2) is 0 Å². The lowest BCUT2D eigenvalue weighted by atomic mass is 10.5. The van der Waals surface area contributed by atoms with Crippen molar-refractivity contribution in [2.24, 2.45) is 0 Å². The Bertz CT molecular complexity index is 272. The molecule has 0 fully saturated rings. The molecule has 76 valence electrons. The van der Waals surface area contributed by atoms with Crippen molar-refractivity contribution in [3.63, 3.8) is 0 Å². The molecule has 0 spiro atoms. The molecule has 0 heterocycles. The molecule has 7 heteroatoms. The standard InChI is InChI=1S/C6H12N2O4S/c1-3-5(9)7-13(11,12)8-6(10)4-2/h3-4H2,1-2H3,(H,7,9)(H,8,10). The number of amides is 2. The molecule has 0 saturated heterocycles. The van der Waals surface area contributed by atoms with Crippen LogP contribution < -0.4 is 9.44 Å². The van der Waals surface area contributed by atoms with E-state index >= 15 is 0 Å². The van der Waals surface area contributed by atoms with Crippen LogP contribution in [0, 0.1) is 0 Å². The molecule has 0 aliphatic heterocycles. The second-order valence-electron chi connectivity index (χ2n) is 2.26. The fourth-order valence-corrected chi connectivity index (χ4v) is 1.41. The first-order valence-electron chi connectivity index (χ1n) is 3.77. The van der Waals surface area contributed by atoms with Gasteiger partial charge in [-0.2, -0.15) is 8.42 Å². The number of hydrogen-bond acceptors (Lipinski definition) is 4. The highest BCUT2D eigenvalue weighted by atomic mass is 32.2. The molecule has 2 amide bonds. The Kier molecular flexibility index (Phi) is 4.39. The lowest BCUT2D eigenvalue weighted by Gasteiger charge is -2.05. The fourth-order valence-electron chi connectivity index (χ4n) is 0.470. The Morgan fingerprint density at radius 1 is 1.00 bits per heavy atom. The van der Waals surface area contributed by atoms with E-state index in [1.165, 1.54) is 13.8 Å². The molecule has 0 aliphatic rings. The lowest BCUT2D eigenvalue weighted by molar-refractivity contribution is -0.119. The van der Waals surface area contributed by atoms with Gasteiger partial charge >= 0.3 is 10.2 Å². The molecule has 0 radical (unpaired) electrons. The van der Waals surface area contributed by atoms with Gasteiger partial charge in [-0.05, 0) is 0 Å². The van der Waals surface area contributed by atoms with E-state index in [1.54, 1.807) is 9.44 Å². The van der Waals surface area contributed by atoms with Crippen LogP contribution in [-0.2, 0) is 19.8 Å². The second kappa shape index (κ2) is 4.80. The van der Waals surface area contributed by atoms with Gasteiger partial charge in [0.2, 0.25) is 11.8 Å². The van der Waals surface area contributed by atoms with Gasteiger partial charge in [-0.25, -0.2) is 9.44 Å². The molecular formula is C6H12N2O4S. The van der Waals surface area contributed by atoms with E-state index < -0.39 is 22.0 Å². The number of nitrogens with one attached hydrogen (secondary N) is 2. The van der Waals surface area contributed by atoms with Gasteiger partial charge in [0.1, 0.15) is 0 Å². The molecule has 0 aliphatic carbocycles. The summed E-state index contributed by atoms with van der Waals surface area (Å²) in [7, 11) is -4.00. The van der Waals surface area contributed by atoms with Gasteiger partial charge in [0.15, 0.2) is 0 Å². The van der Waals surface area contributed by atoms with E-state index in [4.69, 9.17) is 0 Å². The molecule has 0 atom stereocenters. The van der Waals surface area contributed by atoms with Crippen molar-refractivity contribution in [2.45, 2.75) is 26.7 Å². The summed E-state index contributed by atoms with van der Waals surface area (Å²) in [5, 5.41) is 0. The topological polar surface area (TPSA) is 92.3 Å². The Labute approximate surface area is 76.9 Å². The zero-order chi connectivity index (χ0) is 10.5. The van der Waals surface area contributed by atoms with Gasteiger partial charge in [-0.15, -0.1) is 0 Å². The molecule has 0 bridgehead atoms. The molecule has 6 nitrogen and oxygen atoms in total. The minimum absolute atomic E-state index is 0.0429. The number of rotatable bonds is 4. The van der Waals surface area contributed by atoms with E-state index in [9.17, 15) is 18.0 Å². The average molecular weight is 208 g/mol. The third-order valence-electron chi connectivity index (χ3n) is 1.14. The predicted molar refractivity (Wildman–Crippen MR) is 45.8 cm³/mol. The summed E-state index contributed by atoms with van der Waals surface area (Å²) in [5.74, 6) is -1.31. The SMILES string of the molecule is CCC(=O)NS(=O)(=O)NC(=O)CC. The van der Waals surface area contributed by atoms with E-state index in [2.05, 4.69) is 0 Å². The molecule has 0 aromatic heterocycles. The monoisotopic (exact) mass is 208 g/mol. The maximum absolute atomic E-state index is 10.9. The highest BCUT2D eigenvalue weighted by Crippen LogP contribution is 1.83. The fraction of sp³-hybridized carbons (Fsp3) is 0.667. The number of carbonyl (C=O) groups is 2. The Balaban J connectivity index is 4.26. The molecule has 13 heavy (non-hydrogen) atoms. The summed E-state index contributed by atoms with van der Waals surface area (Å²) in [6, 6.07) is 0. The average Bonchev–Trinajstić information content (AvgIpc) is 2.02. The van der Waals surface area contributed by atoms with Crippen LogP contribution in [-0.4, -0.2) is 20.2 Å². The van der Waals surface area contributed by atoms with Crippen molar-refractivity contribution in [1.29, 1.82) is 0 Å². The van der Waals surface area contributed by atoms with Crippen molar-refractivity contribution >= 4 is 22.0 Å². The van der Waals surface area contributed by atoms with Crippen LogP contribution in [0.3, 0.4) is 0 Å². The van der Waals surface area contributed by atoms with Crippen LogP contribution in [0.5, 0.6) is 0 Å². The Hall–Kier alpha value is -1.11. The Morgan fingerprint density at radius 3 is 1.54 bits per heavy atom. The molecule has 0 aromatic carbocycles. The van der Waals surface area contributed by atoms with Crippen LogP contribution in [0.25, 0.3) is 0 Å². The molecule has 0 unspecified atom stereocenters. The first-order valence-corrected chi connectivity index (χ1v) is 5.25. The van der Waals surface area contributed by atoms with Crippen molar-refractivity contribution in [1.82, 2.24) is 9.44 Å². The molecule has 2 N–H and O–H groups in total. The van der Waals surface area contributed by atoms with Crippen LogP contribution in [0.4, 0.5) is 0 Å². The summed E-state index contributed by atoms with van der Waals surface area (Å²) in [6.45, 7) is 3.01. The van der Waals surface area contributed by atoms with Crippen LogP contribution in [0.1, 0.15) is 26.7 Å². The quantitative estimate of drug-likeness (QED) is 0.638. The zero-order valence-corrected chi connectivity index (χ0v) is 8.27. The van der Waals surface area contributed by atoms with Gasteiger partial charge in [0.05, 0.1) is 0 Å². The van der Waals surface area contributed by atoms with E-state index in [-0.39, 0.29) is 12.8 Å². The summed E-state index contributed by atoms with van der Waals surface area (Å²) < 4.78 is 25.2. The largest absolute Gasteiger partial charge is 0.325 e. The van der Waals surface area contributed by atoms with Gasteiger partial charge in [0.25, 0.3) is 0 Å². The van der Waals surface area contributed by atoms with Gasteiger partial charge in [-0.1, -0.05) is 13.8 Å². The summed E-state index contributed by atoms with van der Waals surface area (Å²) >= 11 is 0. The van der Waals surface area contributed by atoms with Gasteiger partial charge in [-0.3, -0.25) is 9.59 Å². The van der Waals surface area contributed by atoms with Crippen molar-refractivity contribution in [3.05, 3.63) is 0 Å². The van der Waals surface area contributed by atoms with Crippen molar-refractivity contribution in [3.8, 4) is 0 Å². The predicted octanol–water partition coefficient (Wildman–Crippen LogP) is -0.716. The number of carbonyl (C=O) groups excluding carboxylic acids is 2. The first-order chi connectivity index (χ1) is 5.91. The highest BCUT2D eigenvalue weighted by molar-refractivity contribution is 7.88. The Morgan fingerprint density at radius 2 is 1.31 bits per heavy atom. The normalized spacial score (nSPS) is 10.6. The maximum Gasteiger partial charge on any atom is 0.325 e. The first kappa shape index (κ1) is 11.9. The second-order valence-corrected chi connectivity index (χ2v) is 3.68. The third kappa shape index (κ3) is 5.18. The summed E-state index contributed by atoms with van der Waals surface area (Å²) in [5.41, 5.74) is 0. The minimum Gasteiger partial charge on any atom is -0.274 e. The summed E-state index contributed by atoms with van der Waals surface area (Å²) in [4.78, 5) is 21.3. The molecule has 0 rings (SSSR count). The van der Waals surface area contributed by atoms with Gasteiger partial charge in [0, 0.05) is 12.8 Å². The van der Waals surface area contributed by atoms with Crippen LogP contribution >= 0.6 is 0 Å². The zero-order valence-electron chi connectivity index (χ0n) is 7.46. The third-order valence-corrected chi connectivity index (χ3v) is 2.13. The molecule has 0 saturated carbocycles. The van der Waals surface area contributed by atoms with Gasteiger partial charge < -0.3 is 0 Å². The van der Waals surface area contributed by atoms with Crippen molar-refractivity contribution < 1.29 is 18.0 Å². The smallest absolute Gasteiger partial charge is 0.274 e.